The fraction of sp³-hybridized carbons (Fsp3) is 1.00. The van der Waals surface area contributed by atoms with Gasteiger partial charge >= 0.3 is 0 Å². The van der Waals surface area contributed by atoms with E-state index in [1.807, 2.05) is 20.8 Å². The average Bonchev–Trinajstić information content (AvgIpc) is 2.71. The maximum Gasteiger partial charge on any atom is 0.282 e. The van der Waals surface area contributed by atoms with Gasteiger partial charge < -0.3 is 28.8 Å². The van der Waals surface area contributed by atoms with Gasteiger partial charge in [0.2, 0.25) is 0 Å². The smallest absolute Gasteiger partial charge is 0.282 e. The van der Waals surface area contributed by atoms with E-state index in [-0.39, 0.29) is 6.61 Å². The minimum Gasteiger partial charge on any atom is -0.394 e. The molecule has 0 aromatic carbocycles. The lowest BCUT2D eigenvalue weighted by Gasteiger charge is -2.32. The van der Waals surface area contributed by atoms with Gasteiger partial charge in [0.15, 0.2) is 0 Å². The summed E-state index contributed by atoms with van der Waals surface area (Å²) in [6.07, 6.45) is 13.3. The predicted molar refractivity (Wildman–Crippen MR) is 117 cm³/mol. The number of unbranched alkanes of at least 4 members (excludes halogenated alkanes) is 9. The van der Waals surface area contributed by atoms with Crippen LogP contribution in [0.4, 0.5) is 0 Å². The monoisotopic (exact) mass is 420 g/mol. The average molecular weight is 421 g/mol. The van der Waals surface area contributed by atoms with Crippen LogP contribution >= 0.6 is 0 Å². The summed E-state index contributed by atoms with van der Waals surface area (Å²) in [4.78, 5) is 0. The maximum atomic E-state index is 8.59. The van der Waals surface area contributed by atoms with Gasteiger partial charge in [-0.25, -0.2) is 0 Å². The molecule has 176 valence electrons. The largest absolute Gasteiger partial charge is 0.394 e. The molecule has 0 rings (SSSR count). The van der Waals surface area contributed by atoms with Crippen molar-refractivity contribution in [3.8, 4) is 0 Å². The summed E-state index contributed by atoms with van der Waals surface area (Å²) in [6, 6.07) is 0. The van der Waals surface area contributed by atoms with E-state index in [2.05, 4.69) is 0 Å². The van der Waals surface area contributed by atoms with Crippen LogP contribution in [0.25, 0.3) is 0 Å². The van der Waals surface area contributed by atoms with E-state index in [0.717, 1.165) is 25.9 Å². The zero-order valence-corrected chi connectivity index (χ0v) is 19.4. The Bertz CT molecular complexity index is 297. The van der Waals surface area contributed by atoms with Gasteiger partial charge in [-0.1, -0.05) is 51.4 Å². The van der Waals surface area contributed by atoms with Gasteiger partial charge in [-0.15, -0.1) is 0 Å². The van der Waals surface area contributed by atoms with Gasteiger partial charge in [0.1, 0.15) is 0 Å². The number of aliphatic hydroxyl groups is 1. The van der Waals surface area contributed by atoms with Crippen molar-refractivity contribution < 1.29 is 28.8 Å². The number of ether oxygens (including phenoxy) is 5. The lowest BCUT2D eigenvalue weighted by Crippen LogP contribution is -2.39. The highest BCUT2D eigenvalue weighted by Gasteiger charge is 2.31. The Morgan fingerprint density at radius 2 is 0.931 bits per heavy atom. The first-order chi connectivity index (χ1) is 14.2. The van der Waals surface area contributed by atoms with Gasteiger partial charge in [-0.3, -0.25) is 0 Å². The van der Waals surface area contributed by atoms with Crippen LogP contribution in [-0.2, 0) is 23.7 Å². The quantitative estimate of drug-likeness (QED) is 0.174. The Morgan fingerprint density at radius 3 is 1.38 bits per heavy atom. The molecule has 0 saturated heterocycles. The van der Waals surface area contributed by atoms with Crippen molar-refractivity contribution >= 4 is 0 Å². The van der Waals surface area contributed by atoms with E-state index in [1.165, 1.54) is 51.4 Å². The van der Waals surface area contributed by atoms with Crippen molar-refractivity contribution in [3.05, 3.63) is 0 Å². The Kier molecular flexibility index (Phi) is 22.3. The molecule has 0 bridgehead atoms. The maximum absolute atomic E-state index is 8.59. The molecule has 0 aromatic heterocycles. The third-order valence-corrected chi connectivity index (χ3v) is 4.72. The van der Waals surface area contributed by atoms with Gasteiger partial charge in [-0.2, -0.15) is 0 Å². The predicted octanol–water partition coefficient (Wildman–Crippen LogP) is 5.07. The zero-order chi connectivity index (χ0) is 21.5. The molecular weight excluding hydrogens is 372 g/mol. The molecule has 0 heterocycles. The summed E-state index contributed by atoms with van der Waals surface area (Å²) in [5, 5.41) is 8.59. The van der Waals surface area contributed by atoms with E-state index in [4.69, 9.17) is 28.8 Å². The second-order valence-corrected chi connectivity index (χ2v) is 7.22. The van der Waals surface area contributed by atoms with Crippen LogP contribution in [0, 0.1) is 0 Å². The van der Waals surface area contributed by atoms with Crippen LogP contribution in [0.2, 0.25) is 0 Å². The van der Waals surface area contributed by atoms with Gasteiger partial charge in [0, 0.05) is 32.8 Å². The van der Waals surface area contributed by atoms with Crippen LogP contribution in [0.1, 0.15) is 91.4 Å². The van der Waals surface area contributed by atoms with Gasteiger partial charge in [0.05, 0.1) is 26.4 Å². The molecule has 0 unspecified atom stereocenters. The molecule has 6 heteroatoms. The Balaban J connectivity index is 3.43. The molecule has 0 atom stereocenters. The normalized spacial score (nSPS) is 12.0. The zero-order valence-electron chi connectivity index (χ0n) is 19.4. The minimum absolute atomic E-state index is 0.0798. The van der Waals surface area contributed by atoms with Crippen LogP contribution in [-0.4, -0.2) is 63.9 Å². The Morgan fingerprint density at radius 1 is 0.517 bits per heavy atom. The van der Waals surface area contributed by atoms with Gasteiger partial charge in [-0.05, 0) is 33.6 Å². The molecule has 0 aliphatic carbocycles. The summed E-state index contributed by atoms with van der Waals surface area (Å²) in [7, 11) is 0. The summed E-state index contributed by atoms with van der Waals surface area (Å²) in [5.41, 5.74) is 0. The molecule has 29 heavy (non-hydrogen) atoms. The van der Waals surface area contributed by atoms with Crippen molar-refractivity contribution in [1.29, 1.82) is 0 Å². The highest BCUT2D eigenvalue weighted by atomic mass is 16.9. The lowest BCUT2D eigenvalue weighted by atomic mass is 10.1. The molecule has 0 amide bonds. The standard InChI is InChI=1S/C23H48O6/c1-4-27-23(28-5-2,29-6-3)17-15-13-11-9-7-8-10-12-14-16-19-25-21-22-26-20-18-24/h24H,4-22H2,1-3H3. The summed E-state index contributed by atoms with van der Waals surface area (Å²) < 4.78 is 28.0. The van der Waals surface area contributed by atoms with Crippen LogP contribution < -0.4 is 0 Å². The minimum atomic E-state index is -0.839. The van der Waals surface area contributed by atoms with Crippen molar-refractivity contribution in [2.45, 2.75) is 97.4 Å². The highest BCUT2D eigenvalue weighted by molar-refractivity contribution is 4.59. The topological polar surface area (TPSA) is 66.4 Å². The van der Waals surface area contributed by atoms with Crippen molar-refractivity contribution in [2.24, 2.45) is 0 Å². The molecule has 0 aliphatic rings. The second-order valence-electron chi connectivity index (χ2n) is 7.22. The number of aliphatic hydroxyl groups excluding tert-OH is 1. The number of hydrogen-bond donors (Lipinski definition) is 1. The fourth-order valence-corrected chi connectivity index (χ4v) is 3.35. The molecule has 0 fully saturated rings. The first kappa shape index (κ1) is 28.8. The molecule has 0 radical (unpaired) electrons. The Hall–Kier alpha value is -0.240. The number of hydrogen-bond acceptors (Lipinski definition) is 6. The summed E-state index contributed by atoms with van der Waals surface area (Å²) in [6.45, 7) is 10.2. The summed E-state index contributed by atoms with van der Waals surface area (Å²) in [5.74, 6) is -0.839. The molecule has 0 aromatic rings. The third kappa shape index (κ3) is 18.3. The van der Waals surface area contributed by atoms with Crippen LogP contribution in [0.5, 0.6) is 0 Å². The van der Waals surface area contributed by atoms with Crippen LogP contribution in [0.3, 0.4) is 0 Å². The SMILES string of the molecule is CCOC(CCCCCCCCCCCCOCCOCCO)(OCC)OCC. The second kappa shape index (κ2) is 22.4. The molecule has 0 aliphatic heterocycles. The van der Waals surface area contributed by atoms with Crippen molar-refractivity contribution in [1.82, 2.24) is 0 Å². The molecule has 0 spiro atoms. The molecule has 6 nitrogen and oxygen atoms in total. The Labute approximate surface area is 179 Å². The third-order valence-electron chi connectivity index (χ3n) is 4.72. The lowest BCUT2D eigenvalue weighted by molar-refractivity contribution is -0.380. The van der Waals surface area contributed by atoms with E-state index in [9.17, 15) is 0 Å². The fourth-order valence-electron chi connectivity index (χ4n) is 3.35. The van der Waals surface area contributed by atoms with E-state index >= 15 is 0 Å². The van der Waals surface area contributed by atoms with E-state index in [1.54, 1.807) is 0 Å². The molecule has 0 saturated carbocycles. The van der Waals surface area contributed by atoms with E-state index < -0.39 is 5.97 Å². The number of rotatable bonds is 24. The van der Waals surface area contributed by atoms with Crippen molar-refractivity contribution in [2.75, 3.05) is 52.9 Å². The first-order valence-corrected chi connectivity index (χ1v) is 11.9. The van der Waals surface area contributed by atoms with Crippen molar-refractivity contribution in [3.63, 3.8) is 0 Å². The highest BCUT2D eigenvalue weighted by Crippen LogP contribution is 2.24. The van der Waals surface area contributed by atoms with Gasteiger partial charge in [0.25, 0.3) is 5.97 Å². The molecule has 1 N–H and O–H groups in total. The molecular formula is C23H48O6. The summed E-state index contributed by atoms with van der Waals surface area (Å²) >= 11 is 0. The first-order valence-electron chi connectivity index (χ1n) is 11.9. The van der Waals surface area contributed by atoms with Crippen LogP contribution in [0.15, 0.2) is 0 Å². The van der Waals surface area contributed by atoms with E-state index in [0.29, 0.717) is 39.6 Å².